The van der Waals surface area contributed by atoms with Crippen LogP contribution < -0.4 is 5.73 Å². The first-order chi connectivity index (χ1) is 16.5. The van der Waals surface area contributed by atoms with Crippen molar-refractivity contribution in [3.8, 4) is 17.0 Å². The van der Waals surface area contributed by atoms with Crippen molar-refractivity contribution in [1.29, 1.82) is 0 Å². The fourth-order valence-electron chi connectivity index (χ4n) is 5.99. The molecule has 1 heterocycles. The second kappa shape index (κ2) is 7.56. The standard InChI is InChI=1S/C25H25N3O7/c1-28(2)19-13-9-10-8-12-11(14-4-3-7-27-14)5-6-15(29)17(12)20(30)16(10)22(32)25(13,35)23(33)18(21(19)31)24(26)34/h3-7,10,13,19,27,29-30,33,35H,8-9H2,1-2H3,(H2,26,34)/t10?,13?,19-,25-/m0/s1. The van der Waals surface area contributed by atoms with Crippen molar-refractivity contribution in [2.75, 3.05) is 14.1 Å². The molecule has 35 heavy (non-hydrogen) atoms. The predicted octanol–water partition coefficient (Wildman–Crippen LogP) is 0.959. The third-order valence-corrected chi connectivity index (χ3v) is 7.49. The Morgan fingerprint density at radius 2 is 1.89 bits per heavy atom. The number of carbonyl (C=O) groups is 3. The van der Waals surface area contributed by atoms with E-state index in [9.17, 15) is 34.8 Å². The molecule has 1 amide bonds. The van der Waals surface area contributed by atoms with E-state index >= 15 is 0 Å². The third-order valence-electron chi connectivity index (χ3n) is 7.49. The Labute approximate surface area is 200 Å². The molecule has 0 radical (unpaired) electrons. The summed E-state index contributed by atoms with van der Waals surface area (Å²) in [5, 5.41) is 44.3. The number of phenols is 1. The van der Waals surface area contributed by atoms with Gasteiger partial charge >= 0.3 is 0 Å². The minimum atomic E-state index is -2.64. The number of carbonyl (C=O) groups excluding carboxylic acids is 3. The average molecular weight is 479 g/mol. The molecule has 10 nitrogen and oxygen atoms in total. The number of benzene rings is 1. The van der Waals surface area contributed by atoms with Crippen LogP contribution in [0.15, 0.2) is 47.4 Å². The number of Topliss-reactive ketones (excluding diaryl/α,β-unsaturated/α-hetero) is 2. The highest BCUT2D eigenvalue weighted by Gasteiger charge is 2.64. The Morgan fingerprint density at radius 3 is 2.49 bits per heavy atom. The zero-order valence-corrected chi connectivity index (χ0v) is 19.1. The smallest absolute Gasteiger partial charge is 0.255 e. The molecule has 2 aromatic rings. The van der Waals surface area contributed by atoms with Crippen LogP contribution in [0.25, 0.3) is 17.0 Å². The van der Waals surface area contributed by atoms with Gasteiger partial charge in [-0.3, -0.25) is 19.3 Å². The summed E-state index contributed by atoms with van der Waals surface area (Å²) in [4.78, 5) is 43.5. The number of nitrogens with one attached hydrogen (secondary N) is 1. The Hall–Kier alpha value is -3.89. The quantitative estimate of drug-likeness (QED) is 0.353. The lowest BCUT2D eigenvalue weighted by Gasteiger charge is -2.50. The first-order valence-electron chi connectivity index (χ1n) is 11.1. The lowest BCUT2D eigenvalue weighted by molar-refractivity contribution is -0.153. The van der Waals surface area contributed by atoms with Crippen molar-refractivity contribution < 1.29 is 34.8 Å². The number of phenolic OH excluding ortho intramolecular Hbond substituents is 1. The van der Waals surface area contributed by atoms with E-state index in [2.05, 4.69) is 4.98 Å². The van der Waals surface area contributed by atoms with Crippen LogP contribution in [0.5, 0.6) is 5.75 Å². The molecule has 0 aliphatic heterocycles. The molecule has 0 saturated heterocycles. The Morgan fingerprint density at radius 1 is 1.17 bits per heavy atom. The Kier molecular flexibility index (Phi) is 4.94. The molecular weight excluding hydrogens is 454 g/mol. The molecule has 10 heteroatoms. The van der Waals surface area contributed by atoms with E-state index in [4.69, 9.17) is 5.73 Å². The average Bonchev–Trinajstić information content (AvgIpc) is 3.30. The monoisotopic (exact) mass is 479 g/mol. The van der Waals surface area contributed by atoms with Crippen LogP contribution >= 0.6 is 0 Å². The number of H-pyrrole nitrogens is 1. The molecule has 0 bridgehead atoms. The number of fused-ring (bicyclic) bond motifs is 3. The van der Waals surface area contributed by atoms with Gasteiger partial charge in [-0.25, -0.2) is 0 Å². The van der Waals surface area contributed by atoms with Crippen molar-refractivity contribution in [3.05, 3.63) is 58.5 Å². The highest BCUT2D eigenvalue weighted by atomic mass is 16.3. The molecule has 3 aliphatic rings. The van der Waals surface area contributed by atoms with Gasteiger partial charge in [0.2, 0.25) is 5.78 Å². The normalized spacial score (nSPS) is 28.2. The molecule has 7 N–H and O–H groups in total. The number of aromatic nitrogens is 1. The van der Waals surface area contributed by atoms with Crippen LogP contribution in [0.2, 0.25) is 0 Å². The molecule has 2 unspecified atom stereocenters. The topological polar surface area (TPSA) is 177 Å². The largest absolute Gasteiger partial charge is 0.508 e. The number of nitrogens with two attached hydrogens (primary N) is 1. The zero-order valence-electron chi connectivity index (χ0n) is 19.1. The van der Waals surface area contributed by atoms with E-state index in [0.717, 1.165) is 11.3 Å². The van der Waals surface area contributed by atoms with Crippen molar-refractivity contribution in [2.24, 2.45) is 17.6 Å². The van der Waals surface area contributed by atoms with Crippen LogP contribution in [0.4, 0.5) is 0 Å². The second-order valence-electron chi connectivity index (χ2n) is 9.53. The lowest BCUT2D eigenvalue weighted by Crippen LogP contribution is -2.65. The van der Waals surface area contributed by atoms with Crippen LogP contribution in [0, 0.1) is 11.8 Å². The minimum Gasteiger partial charge on any atom is -0.508 e. The molecule has 3 aliphatic carbocycles. The number of aromatic hydroxyl groups is 1. The van der Waals surface area contributed by atoms with Gasteiger partial charge in [0.15, 0.2) is 11.4 Å². The summed E-state index contributed by atoms with van der Waals surface area (Å²) in [5.74, 6) is -6.64. The summed E-state index contributed by atoms with van der Waals surface area (Å²) >= 11 is 0. The van der Waals surface area contributed by atoms with Gasteiger partial charge in [0.05, 0.1) is 11.6 Å². The summed E-state index contributed by atoms with van der Waals surface area (Å²) in [6.07, 6.45) is 2.02. The number of primary amides is 1. The van der Waals surface area contributed by atoms with Gasteiger partial charge in [0.1, 0.15) is 22.8 Å². The van der Waals surface area contributed by atoms with E-state index in [1.165, 1.54) is 11.0 Å². The number of ketones is 2. The van der Waals surface area contributed by atoms with Crippen LogP contribution in [-0.4, -0.2) is 73.5 Å². The molecule has 1 saturated carbocycles. The fourth-order valence-corrected chi connectivity index (χ4v) is 5.99. The maximum Gasteiger partial charge on any atom is 0.255 e. The number of likely N-dealkylation sites (N-methyl/N-ethyl adjacent to an activating group) is 1. The van der Waals surface area contributed by atoms with Gasteiger partial charge < -0.3 is 31.1 Å². The van der Waals surface area contributed by atoms with Crippen molar-refractivity contribution in [2.45, 2.75) is 24.5 Å². The highest BCUT2D eigenvalue weighted by Crippen LogP contribution is 2.53. The lowest BCUT2D eigenvalue weighted by atomic mass is 9.57. The zero-order chi connectivity index (χ0) is 25.4. The molecule has 0 spiro atoms. The second-order valence-corrected chi connectivity index (χ2v) is 9.53. The Balaban J connectivity index is 1.75. The van der Waals surface area contributed by atoms with E-state index in [1.54, 1.807) is 26.4 Å². The molecular formula is C25H25N3O7. The van der Waals surface area contributed by atoms with E-state index in [-0.39, 0.29) is 29.7 Å². The van der Waals surface area contributed by atoms with Crippen LogP contribution in [0.3, 0.4) is 0 Å². The first-order valence-corrected chi connectivity index (χ1v) is 11.1. The molecule has 1 aromatic heterocycles. The molecule has 5 rings (SSSR count). The SMILES string of the molecule is CN(C)[C@@H]1C(=O)C(C(N)=O)=C(O)[C@@]2(O)C(=O)C3=C(O)c4c(O)ccc(-c5ccc[nH]5)c4CC3CC12. The van der Waals surface area contributed by atoms with Gasteiger partial charge in [-0.05, 0) is 62.7 Å². The summed E-state index contributed by atoms with van der Waals surface area (Å²) in [6, 6.07) is 5.65. The number of nitrogens with zero attached hydrogens (tertiary/aromatic N) is 1. The number of aliphatic hydroxyl groups excluding tert-OH is 2. The maximum absolute atomic E-state index is 13.8. The molecule has 1 aromatic carbocycles. The molecule has 182 valence electrons. The van der Waals surface area contributed by atoms with Crippen molar-refractivity contribution in [3.63, 3.8) is 0 Å². The number of rotatable bonds is 3. The number of hydrogen-bond acceptors (Lipinski definition) is 8. The van der Waals surface area contributed by atoms with E-state index in [1.807, 2.05) is 12.1 Å². The summed E-state index contributed by atoms with van der Waals surface area (Å²) in [7, 11) is 3.13. The number of aliphatic hydroxyl groups is 3. The Bertz CT molecular complexity index is 1360. The van der Waals surface area contributed by atoms with Crippen LogP contribution in [0.1, 0.15) is 17.5 Å². The van der Waals surface area contributed by atoms with E-state index < -0.39 is 58.0 Å². The number of aromatic amines is 1. The van der Waals surface area contributed by atoms with Gasteiger partial charge in [0, 0.05) is 28.9 Å². The molecule has 1 fully saturated rings. The van der Waals surface area contributed by atoms with Crippen LogP contribution in [-0.2, 0) is 20.8 Å². The van der Waals surface area contributed by atoms with Gasteiger partial charge in [-0.15, -0.1) is 0 Å². The highest BCUT2D eigenvalue weighted by molar-refractivity contribution is 6.24. The van der Waals surface area contributed by atoms with Crippen molar-refractivity contribution in [1.82, 2.24) is 9.88 Å². The summed E-state index contributed by atoms with van der Waals surface area (Å²) < 4.78 is 0. The number of amides is 1. The summed E-state index contributed by atoms with van der Waals surface area (Å²) in [5.41, 5.74) is 3.83. The van der Waals surface area contributed by atoms with E-state index in [0.29, 0.717) is 5.56 Å². The molecule has 4 atom stereocenters. The van der Waals surface area contributed by atoms with Gasteiger partial charge in [-0.1, -0.05) is 0 Å². The maximum atomic E-state index is 13.8. The third kappa shape index (κ3) is 2.93. The summed E-state index contributed by atoms with van der Waals surface area (Å²) in [6.45, 7) is 0. The number of hydrogen-bond donors (Lipinski definition) is 6. The van der Waals surface area contributed by atoms with Crippen molar-refractivity contribution >= 4 is 23.2 Å². The first kappa shape index (κ1) is 22.9. The van der Waals surface area contributed by atoms with Gasteiger partial charge in [-0.2, -0.15) is 0 Å². The fraction of sp³-hybridized carbons (Fsp3) is 0.320. The van der Waals surface area contributed by atoms with Gasteiger partial charge in [0.25, 0.3) is 5.91 Å². The minimum absolute atomic E-state index is 0.0472. The predicted molar refractivity (Wildman–Crippen MR) is 124 cm³/mol.